The minimum absolute atomic E-state index is 0.0224. The van der Waals surface area contributed by atoms with E-state index < -0.39 is 12.5 Å². The molecule has 3 aromatic rings. The molecule has 8 heteroatoms. The van der Waals surface area contributed by atoms with Crippen LogP contribution in [0, 0.1) is 0 Å². The number of halogens is 2. The zero-order chi connectivity index (χ0) is 22.4. The van der Waals surface area contributed by atoms with Crippen molar-refractivity contribution in [1.82, 2.24) is 0 Å². The third-order valence-corrected chi connectivity index (χ3v) is 4.30. The minimum Gasteiger partial charge on any atom is -0.497 e. The van der Waals surface area contributed by atoms with Gasteiger partial charge in [0, 0.05) is 29.4 Å². The van der Waals surface area contributed by atoms with E-state index in [0.29, 0.717) is 33.8 Å². The summed E-state index contributed by atoms with van der Waals surface area (Å²) in [6.07, 6.45) is 0. The Kier molecular flexibility index (Phi) is 6.81. The highest BCUT2D eigenvalue weighted by Crippen LogP contribution is 2.34. The summed E-state index contributed by atoms with van der Waals surface area (Å²) in [6.45, 7) is -1.62. The number of hydrogen-bond acceptors (Lipinski definition) is 4. The van der Waals surface area contributed by atoms with Gasteiger partial charge in [0.2, 0.25) is 5.91 Å². The van der Waals surface area contributed by atoms with Crippen LogP contribution >= 0.6 is 0 Å². The van der Waals surface area contributed by atoms with E-state index in [0.717, 1.165) is 0 Å². The van der Waals surface area contributed by atoms with E-state index in [1.54, 1.807) is 48.5 Å². The number of alkyl halides is 2. The fourth-order valence-electron chi connectivity index (χ4n) is 2.95. The zero-order valence-corrected chi connectivity index (χ0v) is 16.8. The van der Waals surface area contributed by atoms with Gasteiger partial charge in [-0.15, -0.1) is 0 Å². The lowest BCUT2D eigenvalue weighted by molar-refractivity contribution is -0.114. The van der Waals surface area contributed by atoms with E-state index in [1.165, 1.54) is 32.2 Å². The van der Waals surface area contributed by atoms with E-state index in [9.17, 15) is 18.4 Å². The van der Waals surface area contributed by atoms with Crippen molar-refractivity contribution < 1.29 is 27.8 Å². The van der Waals surface area contributed by atoms with Crippen LogP contribution in [-0.4, -0.2) is 25.5 Å². The van der Waals surface area contributed by atoms with Gasteiger partial charge < -0.3 is 20.1 Å². The smallest absolute Gasteiger partial charge is 0.387 e. The molecule has 0 bridgehead atoms. The van der Waals surface area contributed by atoms with E-state index in [2.05, 4.69) is 15.4 Å². The van der Waals surface area contributed by atoms with Crippen LogP contribution in [0.5, 0.6) is 11.5 Å². The van der Waals surface area contributed by atoms with Crippen molar-refractivity contribution in [3.05, 3.63) is 72.3 Å². The molecule has 0 aromatic heterocycles. The number of methoxy groups -OCH3 is 1. The highest BCUT2D eigenvalue weighted by molar-refractivity contribution is 6.05. The van der Waals surface area contributed by atoms with Crippen molar-refractivity contribution in [2.75, 3.05) is 17.7 Å². The fraction of sp³-hybridized carbons (Fsp3) is 0.130. The normalized spacial score (nSPS) is 10.5. The van der Waals surface area contributed by atoms with Gasteiger partial charge in [-0.05, 0) is 54.1 Å². The van der Waals surface area contributed by atoms with Gasteiger partial charge in [0.25, 0.3) is 5.91 Å². The van der Waals surface area contributed by atoms with Gasteiger partial charge >= 0.3 is 6.61 Å². The predicted octanol–water partition coefficient (Wildman–Crippen LogP) is 5.17. The number of hydrogen-bond donors (Lipinski definition) is 2. The van der Waals surface area contributed by atoms with Crippen molar-refractivity contribution in [2.24, 2.45) is 0 Å². The first-order chi connectivity index (χ1) is 14.9. The van der Waals surface area contributed by atoms with Crippen LogP contribution in [0.4, 0.5) is 20.2 Å². The largest absolute Gasteiger partial charge is 0.497 e. The number of amides is 2. The summed E-state index contributed by atoms with van der Waals surface area (Å²) < 4.78 is 35.5. The third kappa shape index (κ3) is 5.79. The summed E-state index contributed by atoms with van der Waals surface area (Å²) in [7, 11) is 1.53. The summed E-state index contributed by atoms with van der Waals surface area (Å²) in [5.74, 6) is -0.0823. The molecule has 0 aliphatic carbocycles. The van der Waals surface area contributed by atoms with Gasteiger partial charge in [0.05, 0.1) is 7.11 Å². The lowest BCUT2D eigenvalue weighted by Crippen LogP contribution is -2.13. The van der Waals surface area contributed by atoms with Gasteiger partial charge in [0.15, 0.2) is 0 Å². The molecule has 0 fully saturated rings. The van der Waals surface area contributed by atoms with Crippen molar-refractivity contribution in [2.45, 2.75) is 13.5 Å². The Morgan fingerprint density at radius 1 is 0.903 bits per heavy atom. The summed E-state index contributed by atoms with van der Waals surface area (Å²) >= 11 is 0. The number of nitrogens with one attached hydrogen (secondary N) is 2. The Bertz CT molecular complexity index is 1090. The molecule has 2 N–H and O–H groups in total. The molecule has 0 unspecified atom stereocenters. The number of anilines is 2. The van der Waals surface area contributed by atoms with Gasteiger partial charge in [-0.2, -0.15) is 8.78 Å². The molecule has 31 heavy (non-hydrogen) atoms. The molecule has 0 atom stereocenters. The molecule has 0 aliphatic rings. The van der Waals surface area contributed by atoms with E-state index >= 15 is 0 Å². The molecule has 0 heterocycles. The standard InChI is InChI=1S/C23H20F2N2O4/c1-14(28)26-17-5-3-4-16(12-17)22(29)27-18-8-11-21(31-23(24)25)20(13-18)15-6-9-19(30-2)10-7-15/h3-13,23H,1-2H3,(H,26,28)(H,27,29). The predicted molar refractivity (Wildman–Crippen MR) is 114 cm³/mol. The quantitative estimate of drug-likeness (QED) is 0.546. The molecule has 0 radical (unpaired) electrons. The summed E-state index contributed by atoms with van der Waals surface area (Å²) in [6, 6.07) is 17.6. The van der Waals surface area contributed by atoms with Crippen LogP contribution in [0.15, 0.2) is 66.7 Å². The molecule has 0 aliphatic heterocycles. The third-order valence-electron chi connectivity index (χ3n) is 4.30. The summed E-state index contributed by atoms with van der Waals surface area (Å²) in [5.41, 5.74) is 2.19. The molecule has 3 rings (SSSR count). The number of carbonyl (C=O) groups is 2. The fourth-order valence-corrected chi connectivity index (χ4v) is 2.95. The van der Waals surface area contributed by atoms with Crippen LogP contribution in [0.2, 0.25) is 0 Å². The van der Waals surface area contributed by atoms with Gasteiger partial charge in [-0.3, -0.25) is 9.59 Å². The van der Waals surface area contributed by atoms with Crippen molar-refractivity contribution >= 4 is 23.2 Å². The van der Waals surface area contributed by atoms with Crippen molar-refractivity contribution in [3.63, 3.8) is 0 Å². The Morgan fingerprint density at radius 3 is 2.26 bits per heavy atom. The maximum Gasteiger partial charge on any atom is 0.387 e. The molecular formula is C23H20F2N2O4. The average Bonchev–Trinajstić information content (AvgIpc) is 2.74. The second-order valence-electron chi connectivity index (χ2n) is 6.53. The highest BCUT2D eigenvalue weighted by Gasteiger charge is 2.14. The lowest BCUT2D eigenvalue weighted by Gasteiger charge is -2.14. The maximum atomic E-state index is 12.9. The molecule has 2 amide bonds. The first kappa shape index (κ1) is 21.8. The first-order valence-electron chi connectivity index (χ1n) is 9.28. The maximum absolute atomic E-state index is 12.9. The number of rotatable bonds is 7. The molecule has 0 saturated carbocycles. The number of ether oxygens (including phenoxy) is 2. The number of carbonyl (C=O) groups excluding carboxylic acids is 2. The molecule has 6 nitrogen and oxygen atoms in total. The Hall–Kier alpha value is -3.94. The van der Waals surface area contributed by atoms with Crippen LogP contribution in [0.1, 0.15) is 17.3 Å². The zero-order valence-electron chi connectivity index (χ0n) is 16.8. The molecule has 3 aromatic carbocycles. The Balaban J connectivity index is 1.89. The minimum atomic E-state index is -2.99. The molecule has 0 spiro atoms. The van der Waals surface area contributed by atoms with E-state index in [4.69, 9.17) is 4.74 Å². The average molecular weight is 426 g/mol. The molecule has 160 valence electrons. The highest BCUT2D eigenvalue weighted by atomic mass is 19.3. The Morgan fingerprint density at radius 2 is 1.61 bits per heavy atom. The second kappa shape index (κ2) is 9.71. The monoisotopic (exact) mass is 426 g/mol. The van der Waals surface area contributed by atoms with E-state index in [-0.39, 0.29) is 11.7 Å². The van der Waals surface area contributed by atoms with Crippen LogP contribution in [-0.2, 0) is 4.79 Å². The SMILES string of the molecule is COc1ccc(-c2cc(NC(=O)c3cccc(NC(C)=O)c3)ccc2OC(F)F)cc1. The lowest BCUT2D eigenvalue weighted by atomic mass is 10.0. The van der Waals surface area contributed by atoms with Gasteiger partial charge in [-0.25, -0.2) is 0 Å². The topological polar surface area (TPSA) is 76.7 Å². The molecule has 0 saturated heterocycles. The van der Waals surface area contributed by atoms with Crippen molar-refractivity contribution in [1.29, 1.82) is 0 Å². The Labute approximate surface area is 177 Å². The number of benzene rings is 3. The van der Waals surface area contributed by atoms with Gasteiger partial charge in [-0.1, -0.05) is 18.2 Å². The van der Waals surface area contributed by atoms with Crippen LogP contribution < -0.4 is 20.1 Å². The summed E-state index contributed by atoms with van der Waals surface area (Å²) in [5, 5.41) is 5.35. The van der Waals surface area contributed by atoms with E-state index in [1.807, 2.05) is 0 Å². The van der Waals surface area contributed by atoms with Crippen LogP contribution in [0.25, 0.3) is 11.1 Å². The second-order valence-corrected chi connectivity index (χ2v) is 6.53. The summed E-state index contributed by atoms with van der Waals surface area (Å²) in [4.78, 5) is 23.9. The first-order valence-corrected chi connectivity index (χ1v) is 9.28. The van der Waals surface area contributed by atoms with Crippen molar-refractivity contribution in [3.8, 4) is 22.6 Å². The molecular weight excluding hydrogens is 406 g/mol. The van der Waals surface area contributed by atoms with Crippen LogP contribution in [0.3, 0.4) is 0 Å². The van der Waals surface area contributed by atoms with Gasteiger partial charge in [0.1, 0.15) is 11.5 Å².